The number of para-hydroxylation sites is 1. The average molecular weight is 479 g/mol. The van der Waals surface area contributed by atoms with Gasteiger partial charge < -0.3 is 20.2 Å². The van der Waals surface area contributed by atoms with Crippen molar-refractivity contribution in [3.63, 3.8) is 0 Å². The Bertz CT molecular complexity index is 1560. The first kappa shape index (κ1) is 22.0. The highest BCUT2D eigenvalue weighted by molar-refractivity contribution is 6.06. The van der Waals surface area contributed by atoms with Crippen LogP contribution in [0.2, 0.25) is 0 Å². The van der Waals surface area contributed by atoms with Gasteiger partial charge in [0.2, 0.25) is 5.91 Å². The highest BCUT2D eigenvalue weighted by Gasteiger charge is 2.27. The van der Waals surface area contributed by atoms with Crippen molar-refractivity contribution in [1.82, 2.24) is 24.8 Å². The van der Waals surface area contributed by atoms with Gasteiger partial charge in [0.15, 0.2) is 0 Å². The zero-order valence-corrected chi connectivity index (χ0v) is 19.9. The maximum atomic E-state index is 13.2. The lowest BCUT2D eigenvalue weighted by atomic mass is 9.85. The molecule has 3 N–H and O–H groups in total. The molecule has 2 aromatic carbocycles. The van der Waals surface area contributed by atoms with Crippen LogP contribution in [0.5, 0.6) is 0 Å². The van der Waals surface area contributed by atoms with Crippen LogP contribution in [-0.4, -0.2) is 31.3 Å². The molecule has 1 saturated carbocycles. The second-order valence-electron chi connectivity index (χ2n) is 9.30. The summed E-state index contributed by atoms with van der Waals surface area (Å²) in [4.78, 5) is 38.3. The molecule has 0 saturated heterocycles. The van der Waals surface area contributed by atoms with Crippen LogP contribution in [0, 0.1) is 5.92 Å². The van der Waals surface area contributed by atoms with E-state index in [9.17, 15) is 9.59 Å². The monoisotopic (exact) mass is 478 g/mol. The molecule has 36 heavy (non-hydrogen) atoms. The first-order chi connectivity index (χ1) is 17.6. The van der Waals surface area contributed by atoms with E-state index in [1.165, 1.54) is 0 Å². The molecule has 8 heteroatoms. The molecule has 8 nitrogen and oxygen atoms in total. The van der Waals surface area contributed by atoms with Gasteiger partial charge in [-0.25, -0.2) is 4.98 Å². The van der Waals surface area contributed by atoms with Crippen molar-refractivity contribution in [2.45, 2.75) is 25.8 Å². The van der Waals surface area contributed by atoms with E-state index in [-0.39, 0.29) is 17.7 Å². The number of pyridine rings is 1. The van der Waals surface area contributed by atoms with E-state index in [0.29, 0.717) is 23.3 Å². The second-order valence-corrected chi connectivity index (χ2v) is 9.30. The number of hydrogen-bond donors (Lipinski definition) is 3. The maximum Gasteiger partial charge on any atom is 0.251 e. The van der Waals surface area contributed by atoms with Gasteiger partial charge in [0, 0.05) is 47.7 Å². The quantitative estimate of drug-likeness (QED) is 0.326. The number of hydrogen-bond acceptors (Lipinski definition) is 4. The summed E-state index contributed by atoms with van der Waals surface area (Å²) in [6, 6.07) is 17.3. The fourth-order valence-corrected chi connectivity index (χ4v) is 4.75. The molecule has 0 radical (unpaired) electrons. The topological polar surface area (TPSA) is 105 Å². The summed E-state index contributed by atoms with van der Waals surface area (Å²) < 4.78 is 1.95. The molecular weight excluding hydrogens is 452 g/mol. The molecule has 1 fully saturated rings. The molecule has 2 amide bonds. The number of H-pyrrole nitrogens is 1. The Morgan fingerprint density at radius 1 is 1.08 bits per heavy atom. The van der Waals surface area contributed by atoms with Gasteiger partial charge in [-0.05, 0) is 54.6 Å². The smallest absolute Gasteiger partial charge is 0.251 e. The van der Waals surface area contributed by atoms with Gasteiger partial charge >= 0.3 is 0 Å². The summed E-state index contributed by atoms with van der Waals surface area (Å²) in [6.45, 7) is 0.361. The Labute approximate surface area is 207 Å². The number of nitrogens with zero attached hydrogens (tertiary/aromatic N) is 3. The van der Waals surface area contributed by atoms with E-state index in [1.54, 1.807) is 24.5 Å². The van der Waals surface area contributed by atoms with Crippen LogP contribution in [0.3, 0.4) is 0 Å². The van der Waals surface area contributed by atoms with E-state index in [4.69, 9.17) is 4.98 Å². The largest absolute Gasteiger partial charge is 0.357 e. The fourth-order valence-electron chi connectivity index (χ4n) is 4.75. The molecule has 0 unspecified atom stereocenters. The highest BCUT2D eigenvalue weighted by Crippen LogP contribution is 2.33. The number of fused-ring (bicyclic) bond motifs is 2. The Morgan fingerprint density at radius 2 is 1.89 bits per heavy atom. The zero-order valence-electron chi connectivity index (χ0n) is 19.9. The minimum atomic E-state index is -0.231. The third-order valence-corrected chi connectivity index (χ3v) is 6.93. The van der Waals surface area contributed by atoms with Crippen LogP contribution < -0.4 is 10.6 Å². The van der Waals surface area contributed by atoms with Crippen LogP contribution in [0.25, 0.3) is 33.3 Å². The van der Waals surface area contributed by atoms with Crippen LogP contribution in [-0.2, 0) is 18.4 Å². The van der Waals surface area contributed by atoms with Crippen LogP contribution in [0.1, 0.15) is 35.3 Å². The fraction of sp³-hybridized carbons (Fsp3) is 0.214. The number of carbonyl (C=O) groups is 2. The van der Waals surface area contributed by atoms with Crippen molar-refractivity contribution in [2.75, 3.05) is 5.32 Å². The van der Waals surface area contributed by atoms with Crippen LogP contribution >= 0.6 is 0 Å². The Hall–Kier alpha value is -4.46. The molecule has 3 heterocycles. The second kappa shape index (κ2) is 8.96. The normalized spacial score (nSPS) is 13.6. The van der Waals surface area contributed by atoms with Gasteiger partial charge in [-0.15, -0.1) is 0 Å². The Morgan fingerprint density at radius 3 is 2.64 bits per heavy atom. The Balaban J connectivity index is 1.34. The minimum absolute atomic E-state index is 0.00940. The molecule has 180 valence electrons. The molecule has 1 aliphatic carbocycles. The molecule has 0 atom stereocenters. The number of aromatic nitrogens is 4. The molecule has 0 aliphatic heterocycles. The average Bonchev–Trinajstić information content (AvgIpc) is 3.42. The van der Waals surface area contributed by atoms with Gasteiger partial charge in [0.25, 0.3) is 5.91 Å². The van der Waals surface area contributed by atoms with Crippen molar-refractivity contribution in [3.05, 3.63) is 78.2 Å². The van der Waals surface area contributed by atoms with E-state index >= 15 is 0 Å². The van der Waals surface area contributed by atoms with Crippen molar-refractivity contribution in [3.8, 4) is 11.4 Å². The standard InChI is InChI=1S/C28H26N6O2/c1-34-25-23(32-26(34)17-9-11-29-12-10-17)14-20(15-24(25)33-28(36)18-6-4-7-18)27(35)30-16-21-13-19-5-2-3-8-22(19)31-21/h2-3,5,8-15,18,31H,4,6-7,16H2,1H3,(H,30,35)(H,33,36). The van der Waals surface area contributed by atoms with Crippen molar-refractivity contribution >= 4 is 39.4 Å². The summed E-state index contributed by atoms with van der Waals surface area (Å²) in [6.07, 6.45) is 6.30. The van der Waals surface area contributed by atoms with E-state index in [0.717, 1.165) is 52.8 Å². The van der Waals surface area contributed by atoms with Gasteiger partial charge in [-0.3, -0.25) is 14.6 Å². The number of nitrogens with one attached hydrogen (secondary N) is 3. The first-order valence-corrected chi connectivity index (χ1v) is 12.1. The summed E-state index contributed by atoms with van der Waals surface area (Å²) in [5.41, 5.74) is 5.32. The van der Waals surface area contributed by atoms with Gasteiger partial charge in [-0.2, -0.15) is 0 Å². The molecule has 3 aromatic heterocycles. The minimum Gasteiger partial charge on any atom is -0.357 e. The lowest BCUT2D eigenvalue weighted by Gasteiger charge is -2.24. The molecular formula is C28H26N6O2. The number of imidazole rings is 1. The maximum absolute atomic E-state index is 13.2. The number of aromatic amines is 1. The van der Waals surface area contributed by atoms with Crippen LogP contribution in [0.4, 0.5) is 5.69 Å². The number of benzene rings is 2. The summed E-state index contributed by atoms with van der Waals surface area (Å²) in [7, 11) is 1.92. The van der Waals surface area contributed by atoms with E-state index in [2.05, 4.69) is 20.6 Å². The third-order valence-electron chi connectivity index (χ3n) is 6.93. The summed E-state index contributed by atoms with van der Waals surface area (Å²) in [5, 5.41) is 7.17. The number of amides is 2. The predicted octanol–water partition coefficient (Wildman–Crippen LogP) is 4.79. The number of rotatable bonds is 6. The van der Waals surface area contributed by atoms with Crippen molar-refractivity contribution < 1.29 is 9.59 Å². The lowest BCUT2D eigenvalue weighted by Crippen LogP contribution is -2.28. The number of aryl methyl sites for hydroxylation is 1. The number of carbonyl (C=O) groups excluding carboxylic acids is 2. The molecule has 1 aliphatic rings. The first-order valence-electron chi connectivity index (χ1n) is 12.1. The van der Waals surface area contributed by atoms with Crippen molar-refractivity contribution in [2.24, 2.45) is 13.0 Å². The molecule has 0 spiro atoms. The molecule has 5 aromatic rings. The third kappa shape index (κ3) is 4.00. The SMILES string of the molecule is Cn1c(-c2ccncc2)nc2cc(C(=O)NCc3cc4ccccc4[nH]3)cc(NC(=O)C3CCC3)c21. The van der Waals surface area contributed by atoms with Gasteiger partial charge in [-0.1, -0.05) is 24.6 Å². The van der Waals surface area contributed by atoms with E-state index in [1.807, 2.05) is 54.1 Å². The number of anilines is 1. The predicted molar refractivity (Wildman–Crippen MR) is 139 cm³/mol. The summed E-state index contributed by atoms with van der Waals surface area (Å²) >= 11 is 0. The lowest BCUT2D eigenvalue weighted by molar-refractivity contribution is -0.122. The highest BCUT2D eigenvalue weighted by atomic mass is 16.2. The molecule has 6 rings (SSSR count). The summed E-state index contributed by atoms with van der Waals surface area (Å²) in [5.74, 6) is 0.519. The van der Waals surface area contributed by atoms with Crippen molar-refractivity contribution in [1.29, 1.82) is 0 Å². The van der Waals surface area contributed by atoms with Gasteiger partial charge in [0.05, 0.1) is 23.3 Å². The zero-order chi connectivity index (χ0) is 24.6. The van der Waals surface area contributed by atoms with Gasteiger partial charge in [0.1, 0.15) is 5.82 Å². The van der Waals surface area contributed by atoms with E-state index < -0.39 is 0 Å². The molecule has 0 bridgehead atoms. The Kier molecular flexibility index (Phi) is 5.48. The van der Waals surface area contributed by atoms with Crippen LogP contribution in [0.15, 0.2) is 67.0 Å².